The smallest absolute Gasteiger partial charge is 0.229 e. The van der Waals surface area contributed by atoms with Crippen LogP contribution in [0, 0.1) is 5.82 Å². The highest BCUT2D eigenvalue weighted by atomic mass is 79.9. The Bertz CT molecular complexity index is 589. The largest absolute Gasteiger partial charge is 0.266 e. The molecule has 3 nitrogen and oxygen atoms in total. The summed E-state index contributed by atoms with van der Waals surface area (Å²) in [7, 11) is 0. The van der Waals surface area contributed by atoms with Crippen molar-refractivity contribution >= 4 is 27.5 Å². The molecule has 0 amide bonds. The lowest BCUT2D eigenvalue weighted by molar-refractivity contribution is 0.526. The lowest BCUT2D eigenvalue weighted by Gasteiger charge is -2.19. The number of hydrogen-bond acceptors (Lipinski definition) is 2. The Balaban J connectivity index is 2.67. The van der Waals surface area contributed by atoms with E-state index in [1.807, 2.05) is 20.8 Å². The standard InChI is InChI=1S/C12H12BrClFN3/c1-12(2,3)10-16-17-11(14)18(10)9-5-4-7(13)6-8(9)15/h4-6H,1-3H3. The number of hydrogen-bond donors (Lipinski definition) is 0. The van der Waals surface area contributed by atoms with Gasteiger partial charge in [0.15, 0.2) is 0 Å². The summed E-state index contributed by atoms with van der Waals surface area (Å²) in [5.74, 6) is 0.241. The first-order valence-corrected chi connectivity index (χ1v) is 6.54. The van der Waals surface area contributed by atoms with Gasteiger partial charge >= 0.3 is 0 Å². The first-order chi connectivity index (χ1) is 8.30. The second-order valence-electron chi connectivity index (χ2n) is 4.97. The van der Waals surface area contributed by atoms with Crippen molar-refractivity contribution in [3.63, 3.8) is 0 Å². The van der Waals surface area contributed by atoms with E-state index in [4.69, 9.17) is 11.6 Å². The third-order valence-electron chi connectivity index (χ3n) is 2.45. The summed E-state index contributed by atoms with van der Waals surface area (Å²) in [4.78, 5) is 0. The van der Waals surface area contributed by atoms with E-state index in [1.54, 1.807) is 12.1 Å². The molecule has 0 radical (unpaired) electrons. The molecule has 0 unspecified atom stereocenters. The van der Waals surface area contributed by atoms with Crippen LogP contribution in [0.15, 0.2) is 22.7 Å². The number of rotatable bonds is 1. The van der Waals surface area contributed by atoms with Crippen LogP contribution in [0.5, 0.6) is 0 Å². The van der Waals surface area contributed by atoms with Gasteiger partial charge in [-0.25, -0.2) is 4.39 Å². The molecule has 0 saturated carbocycles. The maximum atomic E-state index is 14.0. The van der Waals surface area contributed by atoms with Gasteiger partial charge in [-0.15, -0.1) is 10.2 Å². The normalized spacial score (nSPS) is 11.9. The van der Waals surface area contributed by atoms with Crippen LogP contribution >= 0.6 is 27.5 Å². The molecule has 1 aromatic heterocycles. The molecule has 0 atom stereocenters. The van der Waals surface area contributed by atoms with Crippen molar-refractivity contribution in [3.8, 4) is 5.69 Å². The molecule has 2 rings (SSSR count). The average Bonchev–Trinajstić information content (AvgIpc) is 2.60. The topological polar surface area (TPSA) is 30.7 Å². The molecule has 2 aromatic rings. The highest BCUT2D eigenvalue weighted by Crippen LogP contribution is 2.28. The van der Waals surface area contributed by atoms with Gasteiger partial charge in [-0.1, -0.05) is 36.7 Å². The average molecular weight is 333 g/mol. The molecular weight excluding hydrogens is 321 g/mol. The summed E-state index contributed by atoms with van der Waals surface area (Å²) in [6.45, 7) is 5.92. The van der Waals surface area contributed by atoms with Crippen molar-refractivity contribution in [2.75, 3.05) is 0 Å². The monoisotopic (exact) mass is 331 g/mol. The van der Waals surface area contributed by atoms with Crippen LogP contribution in [0.2, 0.25) is 5.28 Å². The van der Waals surface area contributed by atoms with Gasteiger partial charge in [0.1, 0.15) is 11.6 Å². The SMILES string of the molecule is CC(C)(C)c1nnc(Cl)n1-c1ccc(Br)cc1F. The molecule has 0 aliphatic rings. The number of nitrogens with zero attached hydrogens (tertiary/aromatic N) is 3. The summed E-state index contributed by atoms with van der Waals surface area (Å²) in [6.07, 6.45) is 0. The molecule has 0 spiro atoms. The second-order valence-corrected chi connectivity index (χ2v) is 6.23. The Morgan fingerprint density at radius 2 is 1.94 bits per heavy atom. The van der Waals surface area contributed by atoms with E-state index in [0.717, 1.165) is 0 Å². The molecule has 0 saturated heterocycles. The summed E-state index contributed by atoms with van der Waals surface area (Å²) in [5.41, 5.74) is 0.0674. The van der Waals surface area contributed by atoms with Crippen LogP contribution in [-0.2, 0) is 5.41 Å². The Morgan fingerprint density at radius 3 is 2.50 bits per heavy atom. The molecule has 0 aliphatic carbocycles. The lowest BCUT2D eigenvalue weighted by Crippen LogP contribution is -2.19. The number of halogens is 3. The zero-order chi connectivity index (χ0) is 13.5. The Morgan fingerprint density at radius 1 is 1.28 bits per heavy atom. The van der Waals surface area contributed by atoms with Crippen molar-refractivity contribution in [2.24, 2.45) is 0 Å². The van der Waals surface area contributed by atoms with Gasteiger partial charge < -0.3 is 0 Å². The van der Waals surface area contributed by atoms with Crippen LogP contribution < -0.4 is 0 Å². The van der Waals surface area contributed by atoms with Gasteiger partial charge in [-0.2, -0.15) is 0 Å². The molecule has 1 heterocycles. The molecule has 1 aromatic carbocycles. The van der Waals surface area contributed by atoms with E-state index >= 15 is 0 Å². The van der Waals surface area contributed by atoms with E-state index in [0.29, 0.717) is 16.0 Å². The van der Waals surface area contributed by atoms with Crippen LogP contribution in [0.4, 0.5) is 4.39 Å². The third kappa shape index (κ3) is 2.42. The van der Waals surface area contributed by atoms with Gasteiger partial charge in [0.2, 0.25) is 5.28 Å². The fourth-order valence-electron chi connectivity index (χ4n) is 1.63. The molecule has 0 N–H and O–H groups in total. The maximum Gasteiger partial charge on any atom is 0.229 e. The minimum absolute atomic E-state index is 0.154. The van der Waals surface area contributed by atoms with Gasteiger partial charge in [-0.3, -0.25) is 4.57 Å². The first kappa shape index (κ1) is 13.5. The molecular formula is C12H12BrClFN3. The van der Waals surface area contributed by atoms with Crippen LogP contribution in [-0.4, -0.2) is 14.8 Å². The summed E-state index contributed by atoms with van der Waals surface area (Å²) >= 11 is 9.23. The van der Waals surface area contributed by atoms with Gasteiger partial charge in [0.25, 0.3) is 0 Å². The molecule has 0 bridgehead atoms. The van der Waals surface area contributed by atoms with Crippen LogP contribution in [0.25, 0.3) is 5.69 Å². The minimum Gasteiger partial charge on any atom is -0.266 e. The number of benzene rings is 1. The summed E-state index contributed by atoms with van der Waals surface area (Å²) in [5, 5.41) is 8.01. The van der Waals surface area contributed by atoms with E-state index in [1.165, 1.54) is 10.6 Å². The summed E-state index contributed by atoms with van der Waals surface area (Å²) < 4.78 is 16.2. The molecule has 18 heavy (non-hydrogen) atoms. The van der Waals surface area contributed by atoms with Crippen molar-refractivity contribution < 1.29 is 4.39 Å². The molecule has 0 aliphatic heterocycles. The third-order valence-corrected chi connectivity index (χ3v) is 3.18. The fraction of sp³-hybridized carbons (Fsp3) is 0.333. The first-order valence-electron chi connectivity index (χ1n) is 5.37. The lowest BCUT2D eigenvalue weighted by atomic mass is 9.95. The van der Waals surface area contributed by atoms with Crippen LogP contribution in [0.1, 0.15) is 26.6 Å². The van der Waals surface area contributed by atoms with E-state index in [-0.39, 0.29) is 16.5 Å². The quantitative estimate of drug-likeness (QED) is 0.786. The molecule has 96 valence electrons. The zero-order valence-corrected chi connectivity index (χ0v) is 12.5. The predicted octanol–water partition coefficient (Wildman–Crippen LogP) is 4.12. The maximum absolute atomic E-state index is 14.0. The second kappa shape index (κ2) is 4.63. The molecule has 6 heteroatoms. The Kier molecular flexibility index (Phi) is 3.47. The zero-order valence-electron chi connectivity index (χ0n) is 10.2. The van der Waals surface area contributed by atoms with E-state index in [2.05, 4.69) is 26.1 Å². The van der Waals surface area contributed by atoms with Gasteiger partial charge in [0, 0.05) is 9.89 Å². The van der Waals surface area contributed by atoms with Crippen molar-refractivity contribution in [1.29, 1.82) is 0 Å². The fourth-order valence-corrected chi connectivity index (χ4v) is 2.17. The van der Waals surface area contributed by atoms with Crippen LogP contribution in [0.3, 0.4) is 0 Å². The van der Waals surface area contributed by atoms with Crippen molar-refractivity contribution in [3.05, 3.63) is 39.6 Å². The van der Waals surface area contributed by atoms with E-state index in [9.17, 15) is 4.39 Å². The highest BCUT2D eigenvalue weighted by Gasteiger charge is 2.25. The predicted molar refractivity (Wildman–Crippen MR) is 72.7 cm³/mol. The Hall–Kier alpha value is -0.940. The minimum atomic E-state index is -0.378. The summed E-state index contributed by atoms with van der Waals surface area (Å²) in [6, 6.07) is 4.78. The highest BCUT2D eigenvalue weighted by molar-refractivity contribution is 9.10. The van der Waals surface area contributed by atoms with Gasteiger partial charge in [0.05, 0.1) is 5.69 Å². The molecule has 0 fully saturated rings. The van der Waals surface area contributed by atoms with Crippen molar-refractivity contribution in [2.45, 2.75) is 26.2 Å². The van der Waals surface area contributed by atoms with E-state index < -0.39 is 0 Å². The van der Waals surface area contributed by atoms with Crippen molar-refractivity contribution in [1.82, 2.24) is 14.8 Å². The van der Waals surface area contributed by atoms with Gasteiger partial charge in [-0.05, 0) is 29.8 Å². The Labute approximate surface area is 118 Å². The number of aromatic nitrogens is 3.